The molecular weight excluding hydrogens is 308 g/mol. The van der Waals surface area contributed by atoms with E-state index >= 15 is 0 Å². The van der Waals surface area contributed by atoms with Gasteiger partial charge in [0.15, 0.2) is 0 Å². The lowest BCUT2D eigenvalue weighted by atomic mass is 10.3. The highest BCUT2D eigenvalue weighted by Gasteiger charge is 2.17. The van der Waals surface area contributed by atoms with E-state index in [2.05, 4.69) is 4.57 Å². The second kappa shape index (κ2) is 5.59. The number of benzene rings is 2. The van der Waals surface area contributed by atoms with Gasteiger partial charge in [-0.3, -0.25) is 0 Å². The molecule has 0 amide bonds. The van der Waals surface area contributed by atoms with Gasteiger partial charge in [-0.05, 0) is 74.5 Å². The zero-order chi connectivity index (χ0) is 16.6. The summed E-state index contributed by atoms with van der Waals surface area (Å²) in [4.78, 5) is 0.515. The van der Waals surface area contributed by atoms with Crippen LogP contribution in [-0.2, 0) is 9.84 Å². The highest BCUT2D eigenvalue weighted by molar-refractivity contribution is 7.91. The largest absolute Gasteiger partial charge is 0.399 e. The monoisotopic (exact) mass is 326 g/mol. The van der Waals surface area contributed by atoms with Gasteiger partial charge in [0.25, 0.3) is 0 Å². The van der Waals surface area contributed by atoms with Gasteiger partial charge >= 0.3 is 0 Å². The van der Waals surface area contributed by atoms with E-state index in [1.165, 1.54) is 12.1 Å². The first-order valence-electron chi connectivity index (χ1n) is 7.25. The van der Waals surface area contributed by atoms with Gasteiger partial charge in [0.2, 0.25) is 9.84 Å². The Labute approximate surface area is 136 Å². The molecule has 0 saturated heterocycles. The average Bonchev–Trinajstić information content (AvgIpc) is 2.87. The Hall–Kier alpha value is -2.53. The molecule has 118 valence electrons. The molecule has 0 unspecified atom stereocenters. The zero-order valence-corrected chi connectivity index (χ0v) is 13.8. The molecule has 1 heterocycles. The van der Waals surface area contributed by atoms with Gasteiger partial charge in [-0.1, -0.05) is 0 Å². The van der Waals surface area contributed by atoms with Crippen molar-refractivity contribution in [1.82, 2.24) is 4.57 Å². The van der Waals surface area contributed by atoms with Crippen molar-refractivity contribution in [3.05, 3.63) is 72.1 Å². The van der Waals surface area contributed by atoms with Crippen molar-refractivity contribution in [2.24, 2.45) is 0 Å². The summed E-state index contributed by atoms with van der Waals surface area (Å²) in [6, 6.07) is 17.2. The van der Waals surface area contributed by atoms with Gasteiger partial charge in [-0.25, -0.2) is 8.42 Å². The van der Waals surface area contributed by atoms with Crippen LogP contribution in [0.3, 0.4) is 0 Å². The number of sulfone groups is 1. The minimum Gasteiger partial charge on any atom is -0.399 e. The molecule has 0 aliphatic heterocycles. The highest BCUT2D eigenvalue weighted by atomic mass is 32.2. The fourth-order valence-corrected chi connectivity index (χ4v) is 3.89. The van der Waals surface area contributed by atoms with E-state index in [1.54, 1.807) is 24.3 Å². The molecule has 1 aromatic heterocycles. The molecule has 2 aromatic carbocycles. The van der Waals surface area contributed by atoms with E-state index in [1.807, 2.05) is 38.1 Å². The van der Waals surface area contributed by atoms with Crippen LogP contribution >= 0.6 is 0 Å². The van der Waals surface area contributed by atoms with Crippen molar-refractivity contribution in [2.75, 3.05) is 5.73 Å². The molecule has 0 radical (unpaired) electrons. The number of nitrogens with zero attached hydrogens (tertiary/aromatic N) is 1. The summed E-state index contributed by atoms with van der Waals surface area (Å²) in [6.45, 7) is 4.04. The van der Waals surface area contributed by atoms with Crippen molar-refractivity contribution in [2.45, 2.75) is 23.6 Å². The number of nitrogens with two attached hydrogens (primary N) is 1. The molecular formula is C18H18N2O2S. The average molecular weight is 326 g/mol. The van der Waals surface area contributed by atoms with Crippen molar-refractivity contribution < 1.29 is 8.42 Å². The van der Waals surface area contributed by atoms with E-state index in [9.17, 15) is 8.42 Å². The number of anilines is 1. The Morgan fingerprint density at radius 2 is 1.17 bits per heavy atom. The maximum Gasteiger partial charge on any atom is 0.206 e. The fraction of sp³-hybridized carbons (Fsp3) is 0.111. The first-order chi connectivity index (χ1) is 10.9. The van der Waals surface area contributed by atoms with Crippen LogP contribution in [0.1, 0.15) is 11.4 Å². The molecule has 4 nitrogen and oxygen atoms in total. The van der Waals surface area contributed by atoms with E-state index in [4.69, 9.17) is 5.73 Å². The molecule has 23 heavy (non-hydrogen) atoms. The van der Waals surface area contributed by atoms with Crippen LogP contribution < -0.4 is 5.73 Å². The van der Waals surface area contributed by atoms with Crippen molar-refractivity contribution >= 4 is 15.5 Å². The lowest BCUT2D eigenvalue weighted by Crippen LogP contribution is -2.03. The van der Waals surface area contributed by atoms with Crippen molar-refractivity contribution in [3.63, 3.8) is 0 Å². The van der Waals surface area contributed by atoms with Gasteiger partial charge in [-0.15, -0.1) is 0 Å². The first-order valence-corrected chi connectivity index (χ1v) is 8.74. The predicted octanol–water partition coefficient (Wildman–Crippen LogP) is 3.51. The van der Waals surface area contributed by atoms with Crippen LogP contribution in [0.4, 0.5) is 5.69 Å². The highest BCUT2D eigenvalue weighted by Crippen LogP contribution is 2.24. The molecule has 0 atom stereocenters. The van der Waals surface area contributed by atoms with Crippen LogP contribution in [0.2, 0.25) is 0 Å². The summed E-state index contributed by atoms with van der Waals surface area (Å²) in [6.07, 6.45) is 0. The number of nitrogen functional groups attached to an aromatic ring is 1. The van der Waals surface area contributed by atoms with E-state index in [0.29, 0.717) is 5.69 Å². The number of aromatic nitrogens is 1. The molecule has 2 N–H and O–H groups in total. The van der Waals surface area contributed by atoms with Gasteiger partial charge in [0, 0.05) is 22.8 Å². The van der Waals surface area contributed by atoms with E-state index in [-0.39, 0.29) is 9.79 Å². The summed E-state index contributed by atoms with van der Waals surface area (Å²) < 4.78 is 27.3. The Balaban J connectivity index is 2.01. The molecule has 0 saturated carbocycles. The van der Waals surface area contributed by atoms with Gasteiger partial charge in [-0.2, -0.15) is 0 Å². The third-order valence-electron chi connectivity index (χ3n) is 3.87. The third-order valence-corrected chi connectivity index (χ3v) is 5.65. The second-order valence-electron chi connectivity index (χ2n) is 5.52. The molecule has 5 heteroatoms. The van der Waals surface area contributed by atoms with E-state index < -0.39 is 9.84 Å². The quantitative estimate of drug-likeness (QED) is 0.749. The second-order valence-corrected chi connectivity index (χ2v) is 7.47. The van der Waals surface area contributed by atoms with Gasteiger partial charge in [0.05, 0.1) is 9.79 Å². The number of hydrogen-bond acceptors (Lipinski definition) is 3. The van der Waals surface area contributed by atoms with E-state index in [0.717, 1.165) is 17.1 Å². The van der Waals surface area contributed by atoms with Crippen molar-refractivity contribution in [3.8, 4) is 5.69 Å². The van der Waals surface area contributed by atoms with Crippen LogP contribution in [0, 0.1) is 13.8 Å². The molecule has 0 fully saturated rings. The SMILES string of the molecule is Cc1ccc(C)n1-c1ccc(S(=O)(=O)c2ccc(N)cc2)cc1. The third kappa shape index (κ3) is 2.75. The van der Waals surface area contributed by atoms with Crippen LogP contribution in [0.15, 0.2) is 70.5 Å². The van der Waals surface area contributed by atoms with Crippen LogP contribution in [-0.4, -0.2) is 13.0 Å². The molecule has 0 aliphatic rings. The lowest BCUT2D eigenvalue weighted by molar-refractivity contribution is 0.596. The standard InChI is InChI=1S/C18H18N2O2S/c1-13-3-4-14(2)20(13)16-7-11-18(12-8-16)23(21,22)17-9-5-15(19)6-10-17/h3-12H,19H2,1-2H3. The number of hydrogen-bond donors (Lipinski definition) is 1. The van der Waals surface area contributed by atoms with Crippen LogP contribution in [0.5, 0.6) is 0 Å². The summed E-state index contributed by atoms with van der Waals surface area (Å²) in [5.74, 6) is 0. The normalized spacial score (nSPS) is 11.6. The number of aryl methyl sites for hydroxylation is 2. The summed E-state index contributed by atoms with van der Waals surface area (Å²) in [7, 11) is -3.53. The minimum atomic E-state index is -3.53. The van der Waals surface area contributed by atoms with Gasteiger partial charge in [0.1, 0.15) is 0 Å². The predicted molar refractivity (Wildman–Crippen MR) is 91.5 cm³/mol. The molecule has 3 aromatic rings. The molecule has 0 aliphatic carbocycles. The van der Waals surface area contributed by atoms with Crippen molar-refractivity contribution in [1.29, 1.82) is 0 Å². The smallest absolute Gasteiger partial charge is 0.206 e. The maximum atomic E-state index is 12.6. The summed E-state index contributed by atoms with van der Waals surface area (Å²) >= 11 is 0. The molecule has 0 bridgehead atoms. The number of rotatable bonds is 3. The zero-order valence-electron chi connectivity index (χ0n) is 13.0. The summed E-state index contributed by atoms with van der Waals surface area (Å²) in [5, 5.41) is 0. The molecule has 3 rings (SSSR count). The van der Waals surface area contributed by atoms with Gasteiger partial charge < -0.3 is 10.3 Å². The first kappa shape index (κ1) is 15.4. The maximum absolute atomic E-state index is 12.6. The topological polar surface area (TPSA) is 65.1 Å². The summed E-state index contributed by atoms with van der Waals surface area (Å²) in [5.41, 5.74) is 9.31. The Kier molecular flexibility index (Phi) is 3.74. The Morgan fingerprint density at radius 3 is 1.65 bits per heavy atom. The molecule has 0 spiro atoms. The minimum absolute atomic E-state index is 0.243. The Bertz CT molecular complexity index is 918. The van der Waals surface area contributed by atoms with Crippen LogP contribution in [0.25, 0.3) is 5.69 Å². The lowest BCUT2D eigenvalue weighted by Gasteiger charge is -2.11. The Morgan fingerprint density at radius 1 is 0.739 bits per heavy atom. The fourth-order valence-electron chi connectivity index (χ4n) is 2.63.